The Balaban J connectivity index is 2.47. The average molecular weight is 230 g/mol. The van der Waals surface area contributed by atoms with Crippen molar-refractivity contribution in [1.82, 2.24) is 0 Å². The van der Waals surface area contributed by atoms with Gasteiger partial charge in [-0.2, -0.15) is 13.2 Å². The molecule has 1 aromatic heterocycles. The van der Waals surface area contributed by atoms with Crippen LogP contribution in [0.15, 0.2) is 28.7 Å². The smallest absolute Gasteiger partial charge is 0.421 e. The first-order valence-corrected chi connectivity index (χ1v) is 4.63. The molecule has 0 aliphatic heterocycles. The quantitative estimate of drug-likeness (QED) is 0.815. The van der Waals surface area contributed by atoms with Crippen LogP contribution in [0.4, 0.5) is 13.2 Å². The third-order valence-corrected chi connectivity index (χ3v) is 2.27. The van der Waals surface area contributed by atoms with Gasteiger partial charge in [0.1, 0.15) is 11.3 Å². The first kappa shape index (κ1) is 11.0. The van der Waals surface area contributed by atoms with Gasteiger partial charge < -0.3 is 9.52 Å². The highest BCUT2D eigenvalue weighted by molar-refractivity contribution is 5.78. The number of hydrogen-bond donors (Lipinski definition) is 1. The fraction of sp³-hybridized carbons (Fsp3) is 0.273. The van der Waals surface area contributed by atoms with E-state index in [1.165, 1.54) is 6.07 Å². The summed E-state index contributed by atoms with van der Waals surface area (Å²) in [6, 6.07) is 6.22. The van der Waals surface area contributed by atoms with Crippen molar-refractivity contribution in [1.29, 1.82) is 0 Å². The maximum atomic E-state index is 12.2. The van der Waals surface area contributed by atoms with E-state index in [1.807, 2.05) is 6.92 Å². The van der Waals surface area contributed by atoms with Crippen molar-refractivity contribution in [3.63, 3.8) is 0 Å². The Kier molecular flexibility index (Phi) is 2.42. The number of rotatable bonds is 1. The summed E-state index contributed by atoms with van der Waals surface area (Å²) >= 11 is 0. The van der Waals surface area contributed by atoms with E-state index >= 15 is 0 Å². The topological polar surface area (TPSA) is 33.4 Å². The summed E-state index contributed by atoms with van der Waals surface area (Å²) in [5.41, 5.74) is 1.25. The molecule has 0 saturated carbocycles. The van der Waals surface area contributed by atoms with Crippen LogP contribution in [-0.2, 0) is 0 Å². The van der Waals surface area contributed by atoms with Gasteiger partial charge in [-0.1, -0.05) is 11.6 Å². The Hall–Kier alpha value is -1.49. The molecule has 0 fully saturated rings. The fourth-order valence-corrected chi connectivity index (χ4v) is 1.48. The molecule has 0 unspecified atom stereocenters. The van der Waals surface area contributed by atoms with Crippen LogP contribution in [0.5, 0.6) is 0 Å². The highest BCUT2D eigenvalue weighted by atomic mass is 19.4. The fourth-order valence-electron chi connectivity index (χ4n) is 1.48. The largest absolute Gasteiger partial charge is 0.458 e. The summed E-state index contributed by atoms with van der Waals surface area (Å²) in [6.45, 7) is 1.83. The second-order valence-electron chi connectivity index (χ2n) is 3.63. The van der Waals surface area contributed by atoms with E-state index in [0.29, 0.717) is 11.0 Å². The number of aryl methyl sites for hydroxylation is 1. The van der Waals surface area contributed by atoms with Crippen LogP contribution in [0.3, 0.4) is 0 Å². The highest BCUT2D eigenvalue weighted by Gasteiger charge is 2.41. The number of alkyl halides is 3. The number of aliphatic hydroxyl groups excluding tert-OH is 1. The molecule has 0 aliphatic carbocycles. The summed E-state index contributed by atoms with van der Waals surface area (Å²) in [4.78, 5) is 0. The Morgan fingerprint density at radius 3 is 2.56 bits per heavy atom. The van der Waals surface area contributed by atoms with Crippen molar-refractivity contribution >= 4 is 11.0 Å². The van der Waals surface area contributed by atoms with Crippen LogP contribution >= 0.6 is 0 Å². The first-order chi connectivity index (χ1) is 7.38. The zero-order valence-corrected chi connectivity index (χ0v) is 8.38. The molecule has 16 heavy (non-hydrogen) atoms. The molecule has 0 spiro atoms. The van der Waals surface area contributed by atoms with Gasteiger partial charge in [-0.25, -0.2) is 0 Å². The zero-order valence-electron chi connectivity index (χ0n) is 8.38. The lowest BCUT2D eigenvalue weighted by molar-refractivity contribution is -0.211. The lowest BCUT2D eigenvalue weighted by atomic mass is 10.1. The van der Waals surface area contributed by atoms with Gasteiger partial charge in [0.2, 0.25) is 6.10 Å². The Bertz CT molecular complexity index is 513. The molecule has 5 heteroatoms. The summed E-state index contributed by atoms with van der Waals surface area (Å²) < 4.78 is 41.6. The number of halogens is 3. The maximum absolute atomic E-state index is 12.2. The molecular weight excluding hydrogens is 221 g/mol. The van der Waals surface area contributed by atoms with Gasteiger partial charge >= 0.3 is 6.18 Å². The van der Waals surface area contributed by atoms with E-state index < -0.39 is 18.0 Å². The van der Waals surface area contributed by atoms with E-state index in [9.17, 15) is 13.2 Å². The second kappa shape index (κ2) is 3.52. The summed E-state index contributed by atoms with van der Waals surface area (Å²) in [5, 5.41) is 9.56. The molecule has 0 bridgehead atoms. The van der Waals surface area contributed by atoms with Crippen LogP contribution in [0, 0.1) is 6.92 Å². The van der Waals surface area contributed by atoms with Crippen molar-refractivity contribution < 1.29 is 22.7 Å². The molecule has 1 atom stereocenters. The molecule has 1 heterocycles. The summed E-state index contributed by atoms with van der Waals surface area (Å²) in [6.07, 6.45) is -7.27. The number of benzene rings is 1. The molecular formula is C11H9F3O2. The van der Waals surface area contributed by atoms with Crippen LogP contribution in [0.2, 0.25) is 0 Å². The minimum absolute atomic E-state index is 0.337. The van der Waals surface area contributed by atoms with Gasteiger partial charge in [-0.15, -0.1) is 0 Å². The van der Waals surface area contributed by atoms with Crippen molar-refractivity contribution in [2.45, 2.75) is 19.2 Å². The van der Waals surface area contributed by atoms with E-state index in [-0.39, 0.29) is 0 Å². The lowest BCUT2D eigenvalue weighted by Crippen LogP contribution is -2.19. The molecule has 1 aromatic carbocycles. The van der Waals surface area contributed by atoms with Crippen LogP contribution < -0.4 is 0 Å². The van der Waals surface area contributed by atoms with E-state index in [0.717, 1.165) is 5.56 Å². The summed E-state index contributed by atoms with van der Waals surface area (Å²) in [7, 11) is 0. The number of furan rings is 1. The van der Waals surface area contributed by atoms with E-state index in [4.69, 9.17) is 9.52 Å². The van der Waals surface area contributed by atoms with Crippen LogP contribution in [-0.4, -0.2) is 11.3 Å². The van der Waals surface area contributed by atoms with Crippen molar-refractivity contribution in [2.24, 2.45) is 0 Å². The minimum Gasteiger partial charge on any atom is -0.458 e. The monoisotopic (exact) mass is 230 g/mol. The zero-order chi connectivity index (χ0) is 11.9. The second-order valence-corrected chi connectivity index (χ2v) is 3.63. The van der Waals surface area contributed by atoms with Crippen molar-refractivity contribution in [2.75, 3.05) is 0 Å². The van der Waals surface area contributed by atoms with Gasteiger partial charge in [-0.3, -0.25) is 0 Å². The van der Waals surface area contributed by atoms with E-state index in [1.54, 1.807) is 18.2 Å². The van der Waals surface area contributed by atoms with Crippen LogP contribution in [0.25, 0.3) is 11.0 Å². The van der Waals surface area contributed by atoms with Crippen molar-refractivity contribution in [3.8, 4) is 0 Å². The molecule has 0 saturated heterocycles. The Morgan fingerprint density at radius 1 is 1.25 bits per heavy atom. The minimum atomic E-state index is -4.71. The normalized spacial score (nSPS) is 14.3. The van der Waals surface area contributed by atoms with E-state index in [2.05, 4.69) is 0 Å². The number of aliphatic hydroxyl groups is 1. The maximum Gasteiger partial charge on any atom is 0.421 e. The standard InChI is InChI=1S/C11H9F3O2/c1-6-2-3-8-7(4-6)5-9(16-8)10(15)11(12,13)14/h2-5,10,15H,1H3/t10-/m0/s1. The Labute approximate surface area is 89.3 Å². The molecule has 2 nitrogen and oxygen atoms in total. The van der Waals surface area contributed by atoms with Gasteiger partial charge in [0, 0.05) is 5.39 Å². The van der Waals surface area contributed by atoms with Gasteiger partial charge in [0.25, 0.3) is 0 Å². The molecule has 0 aliphatic rings. The Morgan fingerprint density at radius 2 is 1.94 bits per heavy atom. The highest BCUT2D eigenvalue weighted by Crippen LogP contribution is 2.35. The molecule has 2 rings (SSSR count). The predicted molar refractivity (Wildman–Crippen MR) is 52.0 cm³/mol. The van der Waals surface area contributed by atoms with Crippen LogP contribution in [0.1, 0.15) is 17.4 Å². The number of hydrogen-bond acceptors (Lipinski definition) is 2. The predicted octanol–water partition coefficient (Wildman–Crippen LogP) is 3.34. The molecule has 86 valence electrons. The third-order valence-electron chi connectivity index (χ3n) is 2.27. The molecule has 0 radical (unpaired) electrons. The van der Waals surface area contributed by atoms with Crippen molar-refractivity contribution in [3.05, 3.63) is 35.6 Å². The third kappa shape index (κ3) is 1.90. The molecule has 1 N–H and O–H groups in total. The lowest BCUT2D eigenvalue weighted by Gasteiger charge is -2.10. The van der Waals surface area contributed by atoms with Gasteiger partial charge in [0.05, 0.1) is 0 Å². The van der Waals surface area contributed by atoms with Gasteiger partial charge in [0.15, 0.2) is 0 Å². The SMILES string of the molecule is Cc1ccc2oc([C@H](O)C(F)(F)F)cc2c1. The van der Waals surface area contributed by atoms with Gasteiger partial charge in [-0.05, 0) is 25.1 Å². The summed E-state index contributed by atoms with van der Waals surface area (Å²) in [5.74, 6) is -0.479. The molecule has 0 amide bonds. The molecule has 2 aromatic rings. The first-order valence-electron chi connectivity index (χ1n) is 4.63. The average Bonchev–Trinajstić information content (AvgIpc) is 2.57. The number of fused-ring (bicyclic) bond motifs is 1.